The molecule has 0 radical (unpaired) electrons. The van der Waals surface area contributed by atoms with Crippen LogP contribution in [-0.4, -0.2) is 65.2 Å². The summed E-state index contributed by atoms with van der Waals surface area (Å²) in [7, 11) is 0. The lowest BCUT2D eigenvalue weighted by atomic mass is 10.1. The monoisotopic (exact) mass is 369 g/mol. The molecule has 3 atom stereocenters. The number of amides is 1. The highest BCUT2D eigenvalue weighted by molar-refractivity contribution is 5.85. The van der Waals surface area contributed by atoms with Crippen molar-refractivity contribution in [3.63, 3.8) is 0 Å². The molecule has 1 saturated heterocycles. The number of hydrogen-bond donors (Lipinski definition) is 2. The third kappa shape index (κ3) is 7.52. The normalized spacial score (nSPS) is 21.9. The Bertz CT molecular complexity index is 396. The number of likely N-dealkylation sites (N-methyl/N-ethyl adjacent to an activating group) is 1. The largest absolute Gasteiger partial charge is 0.480 e. The quantitative estimate of drug-likeness (QED) is 0.502. The third-order valence-electron chi connectivity index (χ3n) is 4.09. The Hall–Kier alpha value is -0.820. The zero-order valence-corrected chi connectivity index (χ0v) is 15.7. The molecule has 1 amide bonds. The van der Waals surface area contributed by atoms with E-state index >= 15 is 0 Å². The first-order chi connectivity index (χ1) is 9.88. The van der Waals surface area contributed by atoms with Crippen molar-refractivity contribution in [2.45, 2.75) is 39.4 Å². The second-order valence-corrected chi connectivity index (χ2v) is 5.59. The third-order valence-corrected chi connectivity index (χ3v) is 4.09. The smallest absolute Gasteiger partial charge is 0.320 e. The van der Waals surface area contributed by atoms with Gasteiger partial charge >= 0.3 is 5.97 Å². The molecule has 8 heteroatoms. The summed E-state index contributed by atoms with van der Waals surface area (Å²) in [4.78, 5) is 26.6. The van der Waals surface area contributed by atoms with Crippen LogP contribution >= 0.6 is 24.8 Å². The van der Waals surface area contributed by atoms with Crippen molar-refractivity contribution in [2.24, 2.45) is 5.92 Å². The molecule has 1 heterocycles. The summed E-state index contributed by atoms with van der Waals surface area (Å²) in [5.41, 5.74) is 0. The standard InChI is InChI=1S/C15H27N3O3.2ClH/c1-5-13-9-14(15(20)21)18(10-13)8-7-17(6-2)11(3)16-12(4)19;;/h5,11,13-14H,1,6-10H2,2-4H3,(H,16,19)(H,20,21);2*1H. The molecular formula is C15H29Cl2N3O3. The van der Waals surface area contributed by atoms with E-state index in [1.54, 1.807) is 0 Å². The van der Waals surface area contributed by atoms with Crippen LogP contribution in [0.25, 0.3) is 0 Å². The van der Waals surface area contributed by atoms with Gasteiger partial charge in [-0.15, -0.1) is 31.4 Å². The number of halogens is 2. The SMILES string of the molecule is C=CC1CC(C(=O)O)N(CCN(CC)C(C)NC(C)=O)C1.Cl.Cl. The maximum atomic E-state index is 11.3. The van der Waals surface area contributed by atoms with Gasteiger partial charge in [-0.2, -0.15) is 0 Å². The zero-order chi connectivity index (χ0) is 16.0. The number of carboxylic acids is 1. The van der Waals surface area contributed by atoms with Gasteiger partial charge in [-0.05, 0) is 25.8 Å². The molecule has 136 valence electrons. The number of aliphatic carboxylic acids is 1. The molecule has 0 aromatic carbocycles. The fourth-order valence-electron chi connectivity index (χ4n) is 2.88. The predicted molar refractivity (Wildman–Crippen MR) is 96.3 cm³/mol. The summed E-state index contributed by atoms with van der Waals surface area (Å²) in [6, 6.07) is -0.428. The summed E-state index contributed by atoms with van der Waals surface area (Å²) in [6.45, 7) is 12.2. The molecular weight excluding hydrogens is 341 g/mol. The highest BCUT2D eigenvalue weighted by Crippen LogP contribution is 2.24. The maximum Gasteiger partial charge on any atom is 0.320 e. The molecule has 0 saturated carbocycles. The molecule has 6 nitrogen and oxygen atoms in total. The van der Waals surface area contributed by atoms with Crippen LogP contribution in [0.2, 0.25) is 0 Å². The van der Waals surface area contributed by atoms with Crippen LogP contribution in [-0.2, 0) is 9.59 Å². The van der Waals surface area contributed by atoms with Gasteiger partial charge in [0.25, 0.3) is 0 Å². The van der Waals surface area contributed by atoms with E-state index < -0.39 is 12.0 Å². The highest BCUT2D eigenvalue weighted by atomic mass is 35.5. The van der Waals surface area contributed by atoms with Crippen molar-refractivity contribution in [3.8, 4) is 0 Å². The molecule has 1 aliphatic heterocycles. The average Bonchev–Trinajstić information content (AvgIpc) is 2.82. The van der Waals surface area contributed by atoms with Gasteiger partial charge < -0.3 is 10.4 Å². The van der Waals surface area contributed by atoms with Gasteiger partial charge in [0.1, 0.15) is 6.04 Å². The zero-order valence-electron chi connectivity index (χ0n) is 14.0. The average molecular weight is 370 g/mol. The van der Waals surface area contributed by atoms with Crippen LogP contribution in [0.1, 0.15) is 27.2 Å². The summed E-state index contributed by atoms with van der Waals surface area (Å²) in [5.74, 6) is -0.580. The fourth-order valence-corrected chi connectivity index (χ4v) is 2.88. The van der Waals surface area contributed by atoms with Gasteiger partial charge in [-0.3, -0.25) is 19.4 Å². The lowest BCUT2D eigenvalue weighted by Crippen LogP contribution is -2.49. The van der Waals surface area contributed by atoms with E-state index in [4.69, 9.17) is 0 Å². The first-order valence-corrected chi connectivity index (χ1v) is 7.49. The van der Waals surface area contributed by atoms with Crippen molar-refractivity contribution >= 4 is 36.7 Å². The van der Waals surface area contributed by atoms with Crippen molar-refractivity contribution in [1.82, 2.24) is 15.1 Å². The Morgan fingerprint density at radius 1 is 1.48 bits per heavy atom. The molecule has 2 N–H and O–H groups in total. The Morgan fingerprint density at radius 3 is 2.52 bits per heavy atom. The number of carbonyl (C=O) groups is 2. The Morgan fingerprint density at radius 2 is 2.09 bits per heavy atom. The molecule has 0 bridgehead atoms. The predicted octanol–water partition coefficient (Wildman–Crippen LogP) is 1.60. The summed E-state index contributed by atoms with van der Waals surface area (Å²) >= 11 is 0. The van der Waals surface area contributed by atoms with Gasteiger partial charge in [0.15, 0.2) is 0 Å². The van der Waals surface area contributed by atoms with Gasteiger partial charge in [-0.1, -0.05) is 13.0 Å². The van der Waals surface area contributed by atoms with Crippen LogP contribution in [0.4, 0.5) is 0 Å². The van der Waals surface area contributed by atoms with Gasteiger partial charge in [0.05, 0.1) is 6.17 Å². The molecule has 23 heavy (non-hydrogen) atoms. The van der Waals surface area contributed by atoms with Gasteiger partial charge in [-0.25, -0.2) is 0 Å². The van der Waals surface area contributed by atoms with E-state index in [1.165, 1.54) is 6.92 Å². The minimum atomic E-state index is -0.766. The number of nitrogens with zero attached hydrogens (tertiary/aromatic N) is 2. The minimum Gasteiger partial charge on any atom is -0.480 e. The number of rotatable bonds is 8. The molecule has 1 aliphatic rings. The van der Waals surface area contributed by atoms with E-state index in [1.807, 2.05) is 24.8 Å². The van der Waals surface area contributed by atoms with Crippen molar-refractivity contribution in [2.75, 3.05) is 26.2 Å². The molecule has 1 fully saturated rings. The number of likely N-dealkylation sites (tertiary alicyclic amines) is 1. The Balaban J connectivity index is 0. The Labute approximate surface area is 151 Å². The van der Waals surface area contributed by atoms with Crippen molar-refractivity contribution in [1.29, 1.82) is 0 Å². The number of carboxylic acid groups (broad SMARTS) is 1. The topological polar surface area (TPSA) is 72.9 Å². The van der Waals surface area contributed by atoms with Crippen LogP contribution in [0.3, 0.4) is 0 Å². The molecule has 0 aromatic rings. The van der Waals surface area contributed by atoms with Crippen LogP contribution in [0.5, 0.6) is 0 Å². The minimum absolute atomic E-state index is 0. The van der Waals surface area contributed by atoms with Crippen LogP contribution < -0.4 is 5.32 Å². The number of nitrogens with one attached hydrogen (secondary N) is 1. The number of hydrogen-bond acceptors (Lipinski definition) is 4. The second-order valence-electron chi connectivity index (χ2n) is 5.59. The van der Waals surface area contributed by atoms with E-state index in [0.717, 1.165) is 19.6 Å². The highest BCUT2D eigenvalue weighted by Gasteiger charge is 2.35. The van der Waals surface area contributed by atoms with Crippen molar-refractivity contribution < 1.29 is 14.7 Å². The maximum absolute atomic E-state index is 11.3. The lowest BCUT2D eigenvalue weighted by Gasteiger charge is -2.31. The van der Waals surface area contributed by atoms with E-state index in [2.05, 4.69) is 16.8 Å². The fraction of sp³-hybridized carbons (Fsp3) is 0.733. The second kappa shape index (κ2) is 11.7. The number of carbonyl (C=O) groups excluding carboxylic acids is 1. The molecule has 3 unspecified atom stereocenters. The van der Waals surface area contributed by atoms with E-state index in [0.29, 0.717) is 13.0 Å². The van der Waals surface area contributed by atoms with Crippen LogP contribution in [0, 0.1) is 5.92 Å². The summed E-state index contributed by atoms with van der Waals surface area (Å²) < 4.78 is 0. The summed E-state index contributed by atoms with van der Waals surface area (Å²) in [5, 5.41) is 12.2. The first kappa shape index (κ1) is 24.4. The molecule has 0 aromatic heterocycles. The van der Waals surface area contributed by atoms with Crippen molar-refractivity contribution in [3.05, 3.63) is 12.7 Å². The summed E-state index contributed by atoms with van der Waals surface area (Å²) in [6.07, 6.45) is 2.42. The van der Waals surface area contributed by atoms with Gasteiger partial charge in [0, 0.05) is 26.6 Å². The molecule has 0 spiro atoms. The molecule has 0 aliphatic carbocycles. The van der Waals surface area contributed by atoms with E-state index in [-0.39, 0.29) is 42.8 Å². The van der Waals surface area contributed by atoms with E-state index in [9.17, 15) is 14.7 Å². The Kier molecular flexibility index (Phi) is 12.4. The molecule has 1 rings (SSSR count). The van der Waals surface area contributed by atoms with Crippen LogP contribution in [0.15, 0.2) is 12.7 Å². The first-order valence-electron chi connectivity index (χ1n) is 7.49. The lowest BCUT2D eigenvalue weighted by molar-refractivity contribution is -0.142. The van der Waals surface area contributed by atoms with Gasteiger partial charge in [0.2, 0.25) is 5.91 Å².